The summed E-state index contributed by atoms with van der Waals surface area (Å²) in [5, 5.41) is 6.68. The Morgan fingerprint density at radius 3 is 2.95 bits per heavy atom. The molecule has 2 fully saturated rings. The van der Waals surface area contributed by atoms with E-state index in [1.54, 1.807) is 6.20 Å². The summed E-state index contributed by atoms with van der Waals surface area (Å²) in [6.45, 7) is 1.99. The Bertz CT molecular complexity index is 476. The lowest BCUT2D eigenvalue weighted by Gasteiger charge is -2.40. The average molecular weight is 287 g/mol. The molecule has 0 aromatic carbocycles. The number of piperidine rings is 1. The number of hydrogen-bond donors (Lipinski definition) is 2. The number of nitrogens with one attached hydrogen (secondary N) is 2. The second-order valence-corrected chi connectivity index (χ2v) is 6.43. The lowest BCUT2D eigenvalue weighted by atomic mass is 9.77. The van der Waals surface area contributed by atoms with Gasteiger partial charge in [-0.3, -0.25) is 9.78 Å². The second kappa shape index (κ2) is 6.56. The van der Waals surface area contributed by atoms with Crippen LogP contribution in [0.4, 0.5) is 0 Å². The molecule has 3 rings (SSSR count). The number of rotatable bonds is 3. The summed E-state index contributed by atoms with van der Waals surface area (Å²) in [7, 11) is 0. The molecule has 0 bridgehead atoms. The number of pyridine rings is 1. The Balaban J connectivity index is 1.56. The zero-order chi connectivity index (χ0) is 14.7. The van der Waals surface area contributed by atoms with Crippen molar-refractivity contribution in [1.29, 1.82) is 0 Å². The quantitative estimate of drug-likeness (QED) is 0.898. The van der Waals surface area contributed by atoms with Crippen LogP contribution < -0.4 is 10.6 Å². The van der Waals surface area contributed by atoms with E-state index in [4.69, 9.17) is 0 Å². The SMILES string of the molecule is C[C@H](NC(=O)C1CCC2CCCCC2N1)c1ccccn1. The van der Waals surface area contributed by atoms with Gasteiger partial charge >= 0.3 is 0 Å². The average Bonchev–Trinajstić information content (AvgIpc) is 2.55. The fraction of sp³-hybridized carbons (Fsp3) is 0.647. The van der Waals surface area contributed by atoms with Crippen LogP contribution in [-0.2, 0) is 4.79 Å². The molecule has 3 unspecified atom stereocenters. The third-order valence-electron chi connectivity index (χ3n) is 4.96. The Morgan fingerprint density at radius 1 is 1.29 bits per heavy atom. The number of fused-ring (bicyclic) bond motifs is 1. The third kappa shape index (κ3) is 3.43. The summed E-state index contributed by atoms with van der Waals surface area (Å²) in [4.78, 5) is 16.8. The van der Waals surface area contributed by atoms with E-state index in [9.17, 15) is 4.79 Å². The molecule has 1 saturated carbocycles. The van der Waals surface area contributed by atoms with Gasteiger partial charge in [-0.25, -0.2) is 0 Å². The highest BCUT2D eigenvalue weighted by Crippen LogP contribution is 2.32. The first-order chi connectivity index (χ1) is 10.2. The zero-order valence-electron chi connectivity index (χ0n) is 12.7. The standard InChI is InChI=1S/C17H25N3O/c1-12(14-7-4-5-11-18-14)19-17(21)16-10-9-13-6-2-3-8-15(13)20-16/h4-5,7,11-13,15-16,20H,2-3,6,8-10H2,1H3,(H,19,21)/t12-,13?,15?,16?/m0/s1. The molecular weight excluding hydrogens is 262 g/mol. The van der Waals surface area contributed by atoms with Crippen molar-refractivity contribution >= 4 is 5.91 Å². The van der Waals surface area contributed by atoms with Crippen molar-refractivity contribution < 1.29 is 4.79 Å². The molecule has 1 saturated heterocycles. The van der Waals surface area contributed by atoms with Crippen LogP contribution in [0, 0.1) is 5.92 Å². The van der Waals surface area contributed by atoms with E-state index in [1.165, 1.54) is 32.1 Å². The normalized spacial score (nSPS) is 30.2. The van der Waals surface area contributed by atoms with Crippen molar-refractivity contribution in [3.05, 3.63) is 30.1 Å². The maximum absolute atomic E-state index is 12.5. The highest BCUT2D eigenvalue weighted by atomic mass is 16.2. The van der Waals surface area contributed by atoms with Gasteiger partial charge in [-0.05, 0) is 50.7 Å². The van der Waals surface area contributed by atoms with Gasteiger partial charge in [0.25, 0.3) is 0 Å². The van der Waals surface area contributed by atoms with Gasteiger partial charge in [-0.2, -0.15) is 0 Å². The van der Waals surface area contributed by atoms with Gasteiger partial charge in [0.2, 0.25) is 5.91 Å². The van der Waals surface area contributed by atoms with Crippen LogP contribution in [0.5, 0.6) is 0 Å². The van der Waals surface area contributed by atoms with E-state index in [0.29, 0.717) is 6.04 Å². The number of hydrogen-bond acceptors (Lipinski definition) is 3. The highest BCUT2D eigenvalue weighted by Gasteiger charge is 2.34. The first kappa shape index (κ1) is 14.5. The maximum atomic E-state index is 12.5. The second-order valence-electron chi connectivity index (χ2n) is 6.43. The molecule has 1 aliphatic heterocycles. The maximum Gasteiger partial charge on any atom is 0.237 e. The number of carbonyl (C=O) groups is 1. The van der Waals surface area contributed by atoms with Gasteiger partial charge in [-0.1, -0.05) is 18.9 Å². The fourth-order valence-electron chi connectivity index (χ4n) is 3.72. The summed E-state index contributed by atoms with van der Waals surface area (Å²) >= 11 is 0. The molecule has 4 heteroatoms. The lowest BCUT2D eigenvalue weighted by Crippen LogP contribution is -2.55. The van der Waals surface area contributed by atoms with E-state index < -0.39 is 0 Å². The van der Waals surface area contributed by atoms with Crippen LogP contribution >= 0.6 is 0 Å². The van der Waals surface area contributed by atoms with Crippen LogP contribution in [0.15, 0.2) is 24.4 Å². The molecule has 2 heterocycles. The molecule has 4 atom stereocenters. The van der Waals surface area contributed by atoms with E-state index >= 15 is 0 Å². The number of aromatic nitrogens is 1. The Hall–Kier alpha value is -1.42. The number of nitrogens with zero attached hydrogens (tertiary/aromatic N) is 1. The molecule has 4 nitrogen and oxygen atoms in total. The van der Waals surface area contributed by atoms with Crippen molar-refractivity contribution in [2.24, 2.45) is 5.92 Å². The van der Waals surface area contributed by atoms with Gasteiger partial charge in [0.15, 0.2) is 0 Å². The van der Waals surface area contributed by atoms with Gasteiger partial charge in [-0.15, -0.1) is 0 Å². The van der Waals surface area contributed by atoms with E-state index in [1.807, 2.05) is 25.1 Å². The highest BCUT2D eigenvalue weighted by molar-refractivity contribution is 5.82. The summed E-state index contributed by atoms with van der Waals surface area (Å²) in [5.41, 5.74) is 0.914. The smallest absolute Gasteiger partial charge is 0.237 e. The molecule has 0 radical (unpaired) electrons. The monoisotopic (exact) mass is 287 g/mol. The van der Waals surface area contributed by atoms with Gasteiger partial charge in [0.05, 0.1) is 17.8 Å². The zero-order valence-corrected chi connectivity index (χ0v) is 12.7. The van der Waals surface area contributed by atoms with Crippen molar-refractivity contribution in [3.63, 3.8) is 0 Å². The van der Waals surface area contributed by atoms with Crippen LogP contribution in [-0.4, -0.2) is 23.0 Å². The minimum absolute atomic E-state index is 0.0319. The topological polar surface area (TPSA) is 54.0 Å². The minimum Gasteiger partial charge on any atom is -0.347 e. The van der Waals surface area contributed by atoms with Crippen molar-refractivity contribution in [2.75, 3.05) is 0 Å². The predicted molar refractivity (Wildman–Crippen MR) is 82.7 cm³/mol. The van der Waals surface area contributed by atoms with Crippen LogP contribution in [0.3, 0.4) is 0 Å². The third-order valence-corrected chi connectivity index (χ3v) is 4.96. The predicted octanol–water partition coefficient (Wildman–Crippen LogP) is 2.57. The van der Waals surface area contributed by atoms with Crippen LogP contribution in [0.25, 0.3) is 0 Å². The number of carbonyl (C=O) groups excluding carboxylic acids is 1. The largest absolute Gasteiger partial charge is 0.347 e. The fourth-order valence-corrected chi connectivity index (χ4v) is 3.72. The number of amides is 1. The van der Waals surface area contributed by atoms with Crippen molar-refractivity contribution in [2.45, 2.75) is 63.6 Å². The summed E-state index contributed by atoms with van der Waals surface area (Å²) in [6, 6.07) is 6.28. The molecule has 1 aromatic rings. The first-order valence-electron chi connectivity index (χ1n) is 8.21. The van der Waals surface area contributed by atoms with E-state index in [2.05, 4.69) is 15.6 Å². The molecule has 1 aromatic heterocycles. The van der Waals surface area contributed by atoms with Gasteiger partial charge in [0, 0.05) is 12.2 Å². The molecule has 1 amide bonds. The first-order valence-corrected chi connectivity index (χ1v) is 8.21. The molecule has 21 heavy (non-hydrogen) atoms. The summed E-state index contributed by atoms with van der Waals surface area (Å²) in [6.07, 6.45) is 9.13. The minimum atomic E-state index is -0.0374. The molecule has 2 aliphatic rings. The molecule has 0 spiro atoms. The molecule has 2 N–H and O–H groups in total. The molecule has 1 aliphatic carbocycles. The van der Waals surface area contributed by atoms with Crippen molar-refractivity contribution in [3.8, 4) is 0 Å². The van der Waals surface area contributed by atoms with E-state index in [0.717, 1.165) is 18.0 Å². The summed E-state index contributed by atoms with van der Waals surface area (Å²) < 4.78 is 0. The Kier molecular flexibility index (Phi) is 4.54. The van der Waals surface area contributed by atoms with Crippen LogP contribution in [0.2, 0.25) is 0 Å². The van der Waals surface area contributed by atoms with E-state index in [-0.39, 0.29) is 18.0 Å². The Labute approximate surface area is 126 Å². The van der Waals surface area contributed by atoms with Crippen LogP contribution in [0.1, 0.15) is 57.2 Å². The van der Waals surface area contributed by atoms with Gasteiger partial charge in [0.1, 0.15) is 0 Å². The Morgan fingerprint density at radius 2 is 2.14 bits per heavy atom. The molecular formula is C17H25N3O. The van der Waals surface area contributed by atoms with Gasteiger partial charge < -0.3 is 10.6 Å². The lowest BCUT2D eigenvalue weighted by molar-refractivity contribution is -0.125. The van der Waals surface area contributed by atoms with Crippen molar-refractivity contribution in [1.82, 2.24) is 15.6 Å². The summed E-state index contributed by atoms with van der Waals surface area (Å²) in [5.74, 6) is 0.910. The molecule has 114 valence electrons.